The van der Waals surface area contributed by atoms with Crippen molar-refractivity contribution in [3.63, 3.8) is 0 Å². The highest BCUT2D eigenvalue weighted by molar-refractivity contribution is 6.34. The second-order valence-corrected chi connectivity index (χ2v) is 4.98. The van der Waals surface area contributed by atoms with Crippen molar-refractivity contribution in [1.82, 2.24) is 0 Å². The third-order valence-electron chi connectivity index (χ3n) is 3.74. The summed E-state index contributed by atoms with van der Waals surface area (Å²) in [7, 11) is 1.65. The van der Waals surface area contributed by atoms with Crippen LogP contribution < -0.4 is 10.1 Å². The Morgan fingerprint density at radius 1 is 1.19 bits per heavy atom. The quantitative estimate of drug-likeness (QED) is 0.869. The van der Waals surface area contributed by atoms with Gasteiger partial charge in [0.25, 0.3) is 5.91 Å². The molecule has 0 saturated heterocycles. The zero-order chi connectivity index (χ0) is 14.8. The van der Waals surface area contributed by atoms with Crippen molar-refractivity contribution >= 4 is 23.2 Å². The number of nitrogens with one attached hydrogen (secondary N) is 1. The van der Waals surface area contributed by atoms with Crippen molar-refractivity contribution < 1.29 is 9.53 Å². The molecule has 21 heavy (non-hydrogen) atoms. The average Bonchev–Trinajstić information content (AvgIpc) is 2.83. The van der Waals surface area contributed by atoms with Crippen molar-refractivity contribution in [2.45, 2.75) is 13.3 Å². The minimum Gasteiger partial charge on any atom is -0.497 e. The van der Waals surface area contributed by atoms with Crippen LogP contribution in [0.5, 0.6) is 5.75 Å². The molecule has 106 valence electrons. The van der Waals surface area contributed by atoms with Crippen molar-refractivity contribution in [2.24, 2.45) is 0 Å². The van der Waals surface area contributed by atoms with Crippen molar-refractivity contribution in [1.29, 1.82) is 0 Å². The molecule has 0 bridgehead atoms. The number of aryl methyl sites for hydroxylation is 1. The first-order chi connectivity index (χ1) is 10.2. The summed E-state index contributed by atoms with van der Waals surface area (Å²) in [5.41, 5.74) is 4.75. The first-order valence-electron chi connectivity index (χ1n) is 7.02. The van der Waals surface area contributed by atoms with Gasteiger partial charge in [0.15, 0.2) is 0 Å². The van der Waals surface area contributed by atoms with E-state index in [0.29, 0.717) is 5.57 Å². The van der Waals surface area contributed by atoms with Crippen LogP contribution in [-0.4, -0.2) is 13.0 Å². The van der Waals surface area contributed by atoms with Gasteiger partial charge < -0.3 is 10.1 Å². The fraction of sp³-hybridized carbons (Fsp3) is 0.167. The first kappa shape index (κ1) is 13.4. The van der Waals surface area contributed by atoms with E-state index in [1.807, 2.05) is 48.5 Å². The van der Waals surface area contributed by atoms with E-state index in [2.05, 4.69) is 12.2 Å². The number of fused-ring (bicyclic) bond motifs is 1. The SMILES string of the molecule is CCc1ccc(OC)cc1/C=C1/C(=O)Nc2ccccc21. The molecule has 0 aromatic heterocycles. The summed E-state index contributed by atoms with van der Waals surface area (Å²) < 4.78 is 5.29. The normalized spacial score (nSPS) is 15.0. The number of anilines is 1. The van der Waals surface area contributed by atoms with Crippen LogP contribution in [0.3, 0.4) is 0 Å². The van der Waals surface area contributed by atoms with E-state index >= 15 is 0 Å². The zero-order valence-corrected chi connectivity index (χ0v) is 12.1. The van der Waals surface area contributed by atoms with Gasteiger partial charge >= 0.3 is 0 Å². The molecule has 1 N–H and O–H groups in total. The number of carbonyl (C=O) groups is 1. The molecular weight excluding hydrogens is 262 g/mol. The van der Waals surface area contributed by atoms with Crippen LogP contribution in [0.15, 0.2) is 42.5 Å². The lowest BCUT2D eigenvalue weighted by molar-refractivity contribution is -0.110. The molecule has 0 saturated carbocycles. The molecular formula is C18H17NO2. The van der Waals surface area contributed by atoms with Crippen LogP contribution in [0.2, 0.25) is 0 Å². The lowest BCUT2D eigenvalue weighted by Gasteiger charge is -2.07. The highest BCUT2D eigenvalue weighted by Gasteiger charge is 2.23. The molecule has 1 amide bonds. The third kappa shape index (κ3) is 2.42. The second kappa shape index (κ2) is 5.44. The summed E-state index contributed by atoms with van der Waals surface area (Å²) in [5, 5.41) is 2.90. The van der Waals surface area contributed by atoms with Crippen molar-refractivity contribution in [3.8, 4) is 5.75 Å². The monoisotopic (exact) mass is 279 g/mol. The Morgan fingerprint density at radius 2 is 2.00 bits per heavy atom. The molecule has 0 fully saturated rings. The number of methoxy groups -OCH3 is 1. The van der Waals surface area contributed by atoms with Crippen LogP contribution in [0.1, 0.15) is 23.6 Å². The van der Waals surface area contributed by atoms with Gasteiger partial charge in [-0.2, -0.15) is 0 Å². The Labute approximate surface area is 124 Å². The molecule has 2 aromatic carbocycles. The number of hydrogen-bond acceptors (Lipinski definition) is 2. The highest BCUT2D eigenvalue weighted by Crippen LogP contribution is 2.33. The van der Waals surface area contributed by atoms with Gasteiger partial charge in [-0.15, -0.1) is 0 Å². The summed E-state index contributed by atoms with van der Waals surface area (Å²) in [5.74, 6) is 0.742. The topological polar surface area (TPSA) is 38.3 Å². The van der Waals surface area contributed by atoms with Crippen LogP contribution in [-0.2, 0) is 11.2 Å². The lowest BCUT2D eigenvalue weighted by atomic mass is 9.99. The Bertz CT molecular complexity index is 732. The number of carbonyl (C=O) groups excluding carboxylic acids is 1. The van der Waals surface area contributed by atoms with E-state index in [-0.39, 0.29) is 5.91 Å². The van der Waals surface area contributed by atoms with E-state index < -0.39 is 0 Å². The van der Waals surface area contributed by atoms with E-state index in [9.17, 15) is 4.79 Å². The summed E-state index contributed by atoms with van der Waals surface area (Å²) in [6, 6.07) is 13.7. The molecule has 1 heterocycles. The van der Waals surface area contributed by atoms with Gasteiger partial charge in [0.2, 0.25) is 0 Å². The molecule has 3 rings (SSSR count). The average molecular weight is 279 g/mol. The number of amides is 1. The lowest BCUT2D eigenvalue weighted by Crippen LogP contribution is -2.03. The molecule has 0 radical (unpaired) electrons. The molecule has 0 spiro atoms. The van der Waals surface area contributed by atoms with Gasteiger partial charge in [-0.05, 0) is 41.8 Å². The summed E-state index contributed by atoms with van der Waals surface area (Å²) >= 11 is 0. The van der Waals surface area contributed by atoms with E-state index in [1.165, 1.54) is 5.56 Å². The number of rotatable bonds is 3. The number of hydrogen-bond donors (Lipinski definition) is 1. The maximum Gasteiger partial charge on any atom is 0.256 e. The minimum atomic E-state index is -0.0546. The predicted molar refractivity (Wildman–Crippen MR) is 85.3 cm³/mol. The molecule has 1 aliphatic heterocycles. The predicted octanol–water partition coefficient (Wildman–Crippen LogP) is 3.75. The minimum absolute atomic E-state index is 0.0546. The maximum absolute atomic E-state index is 12.2. The largest absolute Gasteiger partial charge is 0.497 e. The Morgan fingerprint density at radius 3 is 2.76 bits per heavy atom. The number of para-hydroxylation sites is 1. The molecule has 0 unspecified atom stereocenters. The van der Waals surface area contributed by atoms with E-state index in [0.717, 1.165) is 29.0 Å². The Balaban J connectivity index is 2.12. The molecule has 3 nitrogen and oxygen atoms in total. The molecule has 3 heteroatoms. The smallest absolute Gasteiger partial charge is 0.256 e. The molecule has 2 aromatic rings. The van der Waals surface area contributed by atoms with Gasteiger partial charge in [-0.1, -0.05) is 31.2 Å². The van der Waals surface area contributed by atoms with Gasteiger partial charge in [0.05, 0.1) is 7.11 Å². The number of benzene rings is 2. The first-order valence-corrected chi connectivity index (χ1v) is 7.02. The van der Waals surface area contributed by atoms with Crippen LogP contribution >= 0.6 is 0 Å². The summed E-state index contributed by atoms with van der Waals surface area (Å²) in [4.78, 5) is 12.2. The third-order valence-corrected chi connectivity index (χ3v) is 3.74. The maximum atomic E-state index is 12.2. The molecule has 0 aliphatic carbocycles. The van der Waals surface area contributed by atoms with Gasteiger partial charge in [-0.25, -0.2) is 0 Å². The fourth-order valence-corrected chi connectivity index (χ4v) is 2.59. The van der Waals surface area contributed by atoms with Gasteiger partial charge in [0, 0.05) is 16.8 Å². The zero-order valence-electron chi connectivity index (χ0n) is 12.1. The fourth-order valence-electron chi connectivity index (χ4n) is 2.59. The molecule has 1 aliphatic rings. The standard InChI is InChI=1S/C18H17NO2/c1-3-12-8-9-14(21-2)10-13(12)11-16-15-6-4-5-7-17(15)19-18(16)20/h4-11H,3H2,1-2H3,(H,19,20)/b16-11+. The highest BCUT2D eigenvalue weighted by atomic mass is 16.5. The van der Waals surface area contributed by atoms with E-state index in [4.69, 9.17) is 4.74 Å². The second-order valence-electron chi connectivity index (χ2n) is 4.98. The molecule has 0 atom stereocenters. The van der Waals surface area contributed by atoms with E-state index in [1.54, 1.807) is 7.11 Å². The number of ether oxygens (including phenoxy) is 1. The van der Waals surface area contributed by atoms with Gasteiger partial charge in [-0.3, -0.25) is 4.79 Å². The Kier molecular flexibility index (Phi) is 3.48. The van der Waals surface area contributed by atoms with Gasteiger partial charge in [0.1, 0.15) is 5.75 Å². The van der Waals surface area contributed by atoms with Crippen LogP contribution in [0.25, 0.3) is 11.6 Å². The summed E-state index contributed by atoms with van der Waals surface area (Å²) in [6.07, 6.45) is 2.86. The van der Waals surface area contributed by atoms with Crippen LogP contribution in [0, 0.1) is 0 Å². The summed E-state index contributed by atoms with van der Waals surface area (Å²) in [6.45, 7) is 2.10. The Hall–Kier alpha value is -2.55. The van der Waals surface area contributed by atoms with Crippen LogP contribution in [0.4, 0.5) is 5.69 Å². The van der Waals surface area contributed by atoms with Crippen molar-refractivity contribution in [3.05, 3.63) is 59.2 Å². The van der Waals surface area contributed by atoms with Crippen molar-refractivity contribution in [2.75, 3.05) is 12.4 Å².